The van der Waals surface area contributed by atoms with E-state index in [0.717, 1.165) is 49.5 Å². The predicted octanol–water partition coefficient (Wildman–Crippen LogP) is 4.04. The first-order valence-corrected chi connectivity index (χ1v) is 11.2. The Hall–Kier alpha value is -2.50. The van der Waals surface area contributed by atoms with Crippen LogP contribution < -0.4 is 26.4 Å². The van der Waals surface area contributed by atoms with Crippen molar-refractivity contribution < 1.29 is 23.1 Å². The van der Waals surface area contributed by atoms with Crippen molar-refractivity contribution in [3.8, 4) is 5.88 Å². The molecule has 0 unspecified atom stereocenters. The first kappa shape index (κ1) is 25.8. The number of rotatable bonds is 12. The van der Waals surface area contributed by atoms with Gasteiger partial charge in [0.25, 0.3) is 5.91 Å². The molecule has 0 aliphatic heterocycles. The van der Waals surface area contributed by atoms with Gasteiger partial charge in [-0.15, -0.1) is 0 Å². The summed E-state index contributed by atoms with van der Waals surface area (Å²) in [5.41, 5.74) is 4.82. The lowest BCUT2D eigenvalue weighted by Crippen LogP contribution is -2.30. The molecule has 1 heterocycles. The topological polar surface area (TPSA) is 118 Å². The van der Waals surface area contributed by atoms with Gasteiger partial charge in [0.1, 0.15) is 28.8 Å². The van der Waals surface area contributed by atoms with Crippen LogP contribution in [0.1, 0.15) is 49.0 Å². The summed E-state index contributed by atoms with van der Waals surface area (Å²) in [4.78, 5) is 24.0. The van der Waals surface area contributed by atoms with Crippen LogP contribution in [0.3, 0.4) is 0 Å². The van der Waals surface area contributed by atoms with E-state index in [1.807, 2.05) is 0 Å². The maximum Gasteiger partial charge on any atom is 0.319 e. The second-order valence-corrected chi connectivity index (χ2v) is 8.45. The molecule has 0 fully saturated rings. The summed E-state index contributed by atoms with van der Waals surface area (Å²) in [6.07, 6.45) is 2.74. The van der Waals surface area contributed by atoms with Gasteiger partial charge in [0.15, 0.2) is 0 Å². The lowest BCUT2D eigenvalue weighted by Gasteiger charge is -2.09. The van der Waals surface area contributed by atoms with E-state index in [1.165, 1.54) is 0 Å². The Labute approximate surface area is 194 Å². The Bertz CT molecular complexity index is 919. The molecule has 0 saturated heterocycles. The third kappa shape index (κ3) is 7.88. The summed E-state index contributed by atoms with van der Waals surface area (Å²) < 4.78 is 37.1. The second kappa shape index (κ2) is 12.5. The number of carbonyl (C=O) groups is 2. The van der Waals surface area contributed by atoms with Gasteiger partial charge in [-0.2, -0.15) is 4.37 Å². The highest BCUT2D eigenvalue weighted by molar-refractivity contribution is 7.11. The van der Waals surface area contributed by atoms with Gasteiger partial charge >= 0.3 is 6.03 Å². The molecule has 0 saturated carbocycles. The molecule has 12 heteroatoms. The van der Waals surface area contributed by atoms with Crippen molar-refractivity contribution in [1.82, 2.24) is 15.0 Å². The van der Waals surface area contributed by atoms with Gasteiger partial charge in [-0.05, 0) is 43.1 Å². The fraction of sp³-hybridized carbons (Fsp3) is 0.450. The molecule has 2 aromatic rings. The minimum atomic E-state index is -0.904. The van der Waals surface area contributed by atoms with Crippen molar-refractivity contribution in [1.29, 1.82) is 0 Å². The Morgan fingerprint density at radius 1 is 1.19 bits per heavy atom. The molecule has 0 spiro atoms. The number of benzene rings is 1. The monoisotopic (exact) mass is 489 g/mol. The number of anilines is 1. The number of nitrogens with one attached hydrogen (secondary N) is 3. The summed E-state index contributed by atoms with van der Waals surface area (Å²) in [6, 6.07) is 1.79. The van der Waals surface area contributed by atoms with E-state index in [1.54, 1.807) is 0 Å². The molecule has 8 nitrogen and oxygen atoms in total. The van der Waals surface area contributed by atoms with Crippen molar-refractivity contribution in [2.75, 3.05) is 18.4 Å². The third-order valence-corrected chi connectivity index (χ3v) is 5.25. The summed E-state index contributed by atoms with van der Waals surface area (Å²) in [5.74, 6) is -2.94. The Morgan fingerprint density at radius 3 is 2.47 bits per heavy atom. The number of urea groups is 1. The van der Waals surface area contributed by atoms with E-state index in [0.29, 0.717) is 12.6 Å². The van der Waals surface area contributed by atoms with Crippen LogP contribution in [0.4, 0.5) is 18.6 Å². The van der Waals surface area contributed by atoms with Crippen LogP contribution in [0.5, 0.6) is 5.88 Å². The molecule has 32 heavy (non-hydrogen) atoms. The van der Waals surface area contributed by atoms with Crippen molar-refractivity contribution in [3.05, 3.63) is 39.9 Å². The van der Waals surface area contributed by atoms with Crippen LogP contribution in [0.15, 0.2) is 12.1 Å². The van der Waals surface area contributed by atoms with E-state index < -0.39 is 30.2 Å². The summed E-state index contributed by atoms with van der Waals surface area (Å²) in [5, 5.41) is 8.49. The molecule has 5 N–H and O–H groups in total. The van der Waals surface area contributed by atoms with E-state index in [-0.39, 0.29) is 27.0 Å². The van der Waals surface area contributed by atoms with Crippen molar-refractivity contribution in [3.63, 3.8) is 0 Å². The Morgan fingerprint density at radius 2 is 1.84 bits per heavy atom. The number of amides is 3. The normalized spacial score (nSPS) is 10.9. The van der Waals surface area contributed by atoms with Crippen molar-refractivity contribution in [2.45, 2.75) is 45.8 Å². The molecule has 3 amide bonds. The first-order chi connectivity index (χ1) is 15.2. The second-order valence-electron chi connectivity index (χ2n) is 7.24. The number of primary amides is 1. The van der Waals surface area contributed by atoms with E-state index in [2.05, 4.69) is 34.2 Å². The molecular formula is C20H26ClF2N5O3S. The third-order valence-electron chi connectivity index (χ3n) is 4.28. The summed E-state index contributed by atoms with van der Waals surface area (Å²) in [7, 11) is 0. The zero-order valence-corrected chi connectivity index (χ0v) is 19.3. The quantitative estimate of drug-likeness (QED) is 0.335. The van der Waals surface area contributed by atoms with Crippen LogP contribution >= 0.6 is 23.1 Å². The lowest BCUT2D eigenvalue weighted by atomic mass is 10.2. The van der Waals surface area contributed by atoms with Gasteiger partial charge in [-0.25, -0.2) is 13.6 Å². The largest absolute Gasteiger partial charge is 0.471 e. The highest BCUT2D eigenvalue weighted by Gasteiger charge is 2.23. The van der Waals surface area contributed by atoms with Gasteiger partial charge in [0, 0.05) is 17.6 Å². The number of nitrogens with zero attached hydrogens (tertiary/aromatic N) is 1. The van der Waals surface area contributed by atoms with Crippen LogP contribution in [0.2, 0.25) is 5.02 Å². The smallest absolute Gasteiger partial charge is 0.319 e. The molecule has 0 radical (unpaired) electrons. The Balaban J connectivity index is 1.90. The fourth-order valence-corrected chi connectivity index (χ4v) is 3.62. The highest BCUT2D eigenvalue weighted by Crippen LogP contribution is 2.31. The molecule has 176 valence electrons. The van der Waals surface area contributed by atoms with Gasteiger partial charge in [-0.3, -0.25) is 10.1 Å². The predicted molar refractivity (Wildman–Crippen MR) is 120 cm³/mol. The number of hydrogen-bond donors (Lipinski definition) is 4. The maximum absolute atomic E-state index is 13.9. The van der Waals surface area contributed by atoms with Crippen LogP contribution in [0.25, 0.3) is 0 Å². The average Bonchev–Trinajstić information content (AvgIpc) is 3.08. The van der Waals surface area contributed by atoms with Crippen molar-refractivity contribution in [2.24, 2.45) is 5.73 Å². The number of aromatic nitrogens is 1. The van der Waals surface area contributed by atoms with Crippen molar-refractivity contribution >= 4 is 40.1 Å². The number of unbranched alkanes of at least 4 members (excludes halogenated alkanes) is 2. The first-order valence-electron chi connectivity index (χ1n) is 10.0. The standard InChI is InChI=1S/C20H26ClF2N5O3S/c1-11(2)25-6-4-3-5-7-26-20(30)27-19-16(17(24)29)18(28-32-19)31-10-13-14(22)8-12(21)9-15(13)23/h8-9,11,25H,3-7,10H2,1-2H3,(H2,24,29)(H2,26,27,30). The van der Waals surface area contributed by atoms with E-state index in [9.17, 15) is 18.4 Å². The molecule has 0 aliphatic rings. The number of halogens is 3. The average molecular weight is 490 g/mol. The van der Waals surface area contributed by atoms with E-state index >= 15 is 0 Å². The molecule has 0 bridgehead atoms. The minimum absolute atomic E-state index is 0.0724. The molecule has 1 aromatic carbocycles. The zero-order chi connectivity index (χ0) is 23.7. The molecule has 0 atom stereocenters. The molecule has 1 aromatic heterocycles. The zero-order valence-electron chi connectivity index (χ0n) is 17.8. The number of ether oxygens (including phenoxy) is 1. The van der Waals surface area contributed by atoms with Gasteiger partial charge in [0.05, 0.1) is 5.56 Å². The number of nitrogens with two attached hydrogens (primary N) is 1. The SMILES string of the molecule is CC(C)NCCCCCNC(=O)Nc1snc(OCc2c(F)cc(Cl)cc2F)c1C(N)=O. The van der Waals surface area contributed by atoms with E-state index in [4.69, 9.17) is 22.1 Å². The highest BCUT2D eigenvalue weighted by atomic mass is 35.5. The van der Waals surface area contributed by atoms with Crippen LogP contribution in [0, 0.1) is 11.6 Å². The lowest BCUT2D eigenvalue weighted by molar-refractivity contribution is 0.0996. The summed E-state index contributed by atoms with van der Waals surface area (Å²) >= 11 is 6.36. The fourth-order valence-electron chi connectivity index (χ4n) is 2.69. The van der Waals surface area contributed by atoms with Crippen LogP contribution in [-0.4, -0.2) is 35.4 Å². The van der Waals surface area contributed by atoms with Gasteiger partial charge in [0.2, 0.25) is 5.88 Å². The van der Waals surface area contributed by atoms with Gasteiger partial charge < -0.3 is 21.1 Å². The number of carbonyl (C=O) groups excluding carboxylic acids is 2. The van der Waals surface area contributed by atoms with Gasteiger partial charge in [-0.1, -0.05) is 31.9 Å². The molecule has 2 rings (SSSR count). The minimum Gasteiger partial charge on any atom is -0.471 e. The maximum atomic E-state index is 13.9. The molecule has 0 aliphatic carbocycles. The summed E-state index contributed by atoms with van der Waals surface area (Å²) in [6.45, 7) is 4.99. The molecular weight excluding hydrogens is 464 g/mol. The number of hydrogen-bond acceptors (Lipinski definition) is 6. The van der Waals surface area contributed by atoms with Crippen LogP contribution in [-0.2, 0) is 6.61 Å². The Kier molecular flexibility index (Phi) is 10.1.